The highest BCUT2D eigenvalue weighted by molar-refractivity contribution is 6.37. The van der Waals surface area contributed by atoms with E-state index in [9.17, 15) is 14.4 Å². The minimum Gasteiger partial charge on any atom is -0.479 e. The highest BCUT2D eigenvalue weighted by Gasteiger charge is 2.14. The van der Waals surface area contributed by atoms with Crippen LogP contribution in [0.15, 0.2) is 17.2 Å². The number of halogens is 2. The Morgan fingerprint density at radius 3 is 2.40 bits per heavy atom. The number of nitrogens with zero attached hydrogens (tertiary/aromatic N) is 1. The zero-order valence-corrected chi connectivity index (χ0v) is 15.0. The first kappa shape index (κ1) is 20.7. The molecule has 0 saturated carbocycles. The van der Waals surface area contributed by atoms with Gasteiger partial charge in [0.2, 0.25) is 0 Å². The second-order valence-corrected chi connectivity index (χ2v) is 5.79. The van der Waals surface area contributed by atoms with E-state index in [0.717, 1.165) is 0 Å². The number of carboxylic acid groups (broad SMARTS) is 1. The number of ether oxygens (including phenoxy) is 1. The van der Waals surface area contributed by atoms with Gasteiger partial charge in [-0.05, 0) is 31.0 Å². The lowest BCUT2D eigenvalue weighted by Crippen LogP contribution is -2.41. The van der Waals surface area contributed by atoms with Crippen molar-refractivity contribution in [1.82, 2.24) is 10.7 Å². The normalized spacial score (nSPS) is 11.8. The molecule has 0 saturated heterocycles. The molecular weight excluding hydrogens is 373 g/mol. The average molecular weight is 390 g/mol. The molecule has 3 N–H and O–H groups in total. The van der Waals surface area contributed by atoms with Crippen molar-refractivity contribution in [2.45, 2.75) is 26.3 Å². The van der Waals surface area contributed by atoms with Crippen molar-refractivity contribution in [2.75, 3.05) is 6.61 Å². The fourth-order valence-electron chi connectivity index (χ4n) is 1.53. The van der Waals surface area contributed by atoms with E-state index < -0.39 is 24.4 Å². The van der Waals surface area contributed by atoms with Crippen LogP contribution in [0.5, 0.6) is 5.75 Å². The van der Waals surface area contributed by atoms with Crippen molar-refractivity contribution in [1.29, 1.82) is 0 Å². The number of hydrogen-bond acceptors (Lipinski definition) is 5. The highest BCUT2D eigenvalue weighted by Crippen LogP contribution is 2.33. The van der Waals surface area contributed by atoms with E-state index >= 15 is 0 Å². The number of benzene rings is 1. The topological polar surface area (TPSA) is 117 Å². The number of hydrazone groups is 1. The molecular formula is C15H17Cl2N3O5. The maximum atomic E-state index is 11.6. The Morgan fingerprint density at radius 2 is 1.88 bits per heavy atom. The van der Waals surface area contributed by atoms with E-state index in [1.807, 2.05) is 6.92 Å². The average Bonchev–Trinajstić information content (AvgIpc) is 2.53. The van der Waals surface area contributed by atoms with Crippen LogP contribution in [0.25, 0.3) is 0 Å². The molecule has 0 bridgehead atoms. The first-order valence-corrected chi connectivity index (χ1v) is 7.97. The van der Waals surface area contributed by atoms with Gasteiger partial charge in [0.15, 0.2) is 12.4 Å². The number of rotatable bonds is 7. The number of carbonyl (C=O) groups is 3. The summed E-state index contributed by atoms with van der Waals surface area (Å²) >= 11 is 11.9. The summed E-state index contributed by atoms with van der Waals surface area (Å²) in [7, 11) is 0. The highest BCUT2D eigenvalue weighted by atomic mass is 35.5. The molecule has 0 aliphatic rings. The maximum Gasteiger partial charge on any atom is 0.341 e. The van der Waals surface area contributed by atoms with Gasteiger partial charge in [-0.25, -0.2) is 10.2 Å². The number of hydrogen-bond donors (Lipinski definition) is 3. The molecule has 0 fully saturated rings. The Labute approximate surface area is 154 Å². The predicted molar refractivity (Wildman–Crippen MR) is 93.2 cm³/mol. The van der Waals surface area contributed by atoms with Gasteiger partial charge < -0.3 is 15.2 Å². The van der Waals surface area contributed by atoms with E-state index in [2.05, 4.69) is 15.8 Å². The summed E-state index contributed by atoms with van der Waals surface area (Å²) in [5.74, 6) is -2.84. The van der Waals surface area contributed by atoms with Crippen molar-refractivity contribution in [3.05, 3.63) is 27.7 Å². The van der Waals surface area contributed by atoms with E-state index in [4.69, 9.17) is 33.0 Å². The quantitative estimate of drug-likeness (QED) is 0.373. The Hall–Kier alpha value is -2.32. The van der Waals surface area contributed by atoms with Crippen LogP contribution in [-0.2, 0) is 14.4 Å². The summed E-state index contributed by atoms with van der Waals surface area (Å²) in [4.78, 5) is 33.6. The largest absolute Gasteiger partial charge is 0.479 e. The van der Waals surface area contributed by atoms with Crippen LogP contribution < -0.4 is 15.5 Å². The molecule has 0 spiro atoms. The molecule has 1 aromatic rings. The van der Waals surface area contributed by atoms with Crippen molar-refractivity contribution in [3.8, 4) is 5.75 Å². The fraction of sp³-hybridized carbons (Fsp3) is 0.333. The lowest BCUT2D eigenvalue weighted by Gasteiger charge is -2.10. The number of nitrogens with one attached hydrogen (secondary N) is 2. The maximum absolute atomic E-state index is 11.6. The lowest BCUT2D eigenvalue weighted by molar-refractivity contribution is -0.139. The second kappa shape index (κ2) is 9.85. The molecule has 1 atom stereocenters. The van der Waals surface area contributed by atoms with Gasteiger partial charge in [0, 0.05) is 6.04 Å². The van der Waals surface area contributed by atoms with Gasteiger partial charge in [-0.2, -0.15) is 5.10 Å². The molecule has 2 amide bonds. The third kappa shape index (κ3) is 6.98. The van der Waals surface area contributed by atoms with Crippen LogP contribution in [0.4, 0.5) is 0 Å². The summed E-state index contributed by atoms with van der Waals surface area (Å²) in [6, 6.07) is 2.71. The van der Waals surface area contributed by atoms with Gasteiger partial charge in [-0.3, -0.25) is 9.59 Å². The van der Waals surface area contributed by atoms with Crippen LogP contribution in [0.2, 0.25) is 10.0 Å². The molecule has 0 radical (unpaired) electrons. The summed E-state index contributed by atoms with van der Waals surface area (Å²) in [5, 5.41) is 14.9. The standard InChI is InChI=1S/C15H17Cl2N3O5/c1-3-8(2)19-14(23)15(24)20-18-6-9-4-10(16)13(11(17)5-9)25-7-12(21)22/h4-6,8H,3,7H2,1-2H3,(H,19,23)(H,20,24)(H,21,22)/b18-6-/t8-/m0/s1. The van der Waals surface area contributed by atoms with Gasteiger partial charge in [0.1, 0.15) is 0 Å². The first-order chi connectivity index (χ1) is 11.7. The number of carboxylic acids is 1. The lowest BCUT2D eigenvalue weighted by atomic mass is 10.2. The molecule has 0 heterocycles. The van der Waals surface area contributed by atoms with Crippen LogP contribution in [0.3, 0.4) is 0 Å². The zero-order chi connectivity index (χ0) is 19.0. The van der Waals surface area contributed by atoms with Gasteiger partial charge >= 0.3 is 17.8 Å². The summed E-state index contributed by atoms with van der Waals surface area (Å²) < 4.78 is 4.98. The zero-order valence-electron chi connectivity index (χ0n) is 13.5. The van der Waals surface area contributed by atoms with E-state index in [1.165, 1.54) is 18.3 Å². The third-order valence-electron chi connectivity index (χ3n) is 2.94. The minimum atomic E-state index is -1.17. The molecule has 8 nitrogen and oxygen atoms in total. The van der Waals surface area contributed by atoms with Crippen LogP contribution in [0.1, 0.15) is 25.8 Å². The van der Waals surface area contributed by atoms with Crippen molar-refractivity contribution < 1.29 is 24.2 Å². The van der Waals surface area contributed by atoms with Gasteiger partial charge in [0.05, 0.1) is 16.3 Å². The summed E-state index contributed by atoms with van der Waals surface area (Å²) in [5.41, 5.74) is 2.49. The SMILES string of the molecule is CC[C@H](C)NC(=O)C(=O)N/N=C\c1cc(Cl)c(OCC(=O)O)c(Cl)c1. The molecule has 0 unspecified atom stereocenters. The Bertz CT molecular complexity index is 671. The van der Waals surface area contributed by atoms with Crippen molar-refractivity contribution >= 4 is 47.2 Å². The third-order valence-corrected chi connectivity index (χ3v) is 3.50. The number of carbonyl (C=O) groups excluding carboxylic acids is 2. The van der Waals surface area contributed by atoms with E-state index in [-0.39, 0.29) is 21.8 Å². The first-order valence-electron chi connectivity index (χ1n) is 7.22. The number of amides is 2. The molecule has 25 heavy (non-hydrogen) atoms. The van der Waals surface area contributed by atoms with Crippen LogP contribution in [0, 0.1) is 0 Å². The van der Waals surface area contributed by atoms with E-state index in [1.54, 1.807) is 6.92 Å². The smallest absolute Gasteiger partial charge is 0.341 e. The number of aliphatic carboxylic acids is 1. The molecule has 0 aromatic heterocycles. The van der Waals surface area contributed by atoms with Crippen molar-refractivity contribution in [2.24, 2.45) is 5.10 Å². The molecule has 136 valence electrons. The second-order valence-electron chi connectivity index (χ2n) is 4.98. The summed E-state index contributed by atoms with van der Waals surface area (Å²) in [6.45, 7) is 3.05. The van der Waals surface area contributed by atoms with Gasteiger partial charge in [-0.1, -0.05) is 30.1 Å². The fourth-order valence-corrected chi connectivity index (χ4v) is 2.15. The monoisotopic (exact) mass is 389 g/mol. The predicted octanol–water partition coefficient (Wildman–Crippen LogP) is 1.82. The van der Waals surface area contributed by atoms with Gasteiger partial charge in [-0.15, -0.1) is 0 Å². The Morgan fingerprint density at radius 1 is 1.28 bits per heavy atom. The van der Waals surface area contributed by atoms with Crippen LogP contribution in [-0.4, -0.2) is 41.8 Å². The van der Waals surface area contributed by atoms with Gasteiger partial charge in [0.25, 0.3) is 0 Å². The Kier molecular flexibility index (Phi) is 8.17. The van der Waals surface area contributed by atoms with E-state index in [0.29, 0.717) is 12.0 Å². The van der Waals surface area contributed by atoms with Crippen molar-refractivity contribution in [3.63, 3.8) is 0 Å². The molecule has 0 aliphatic heterocycles. The molecule has 1 aromatic carbocycles. The van der Waals surface area contributed by atoms with Crippen LogP contribution >= 0.6 is 23.2 Å². The minimum absolute atomic E-state index is 0.0276. The summed E-state index contributed by atoms with van der Waals surface area (Å²) in [6.07, 6.45) is 1.92. The molecule has 1 rings (SSSR count). The Balaban J connectivity index is 2.70. The molecule has 0 aliphatic carbocycles. The molecule has 10 heteroatoms.